The van der Waals surface area contributed by atoms with E-state index in [1.807, 2.05) is 36.2 Å². The van der Waals surface area contributed by atoms with Crippen LogP contribution in [0.3, 0.4) is 0 Å². The highest BCUT2D eigenvalue weighted by Crippen LogP contribution is 2.24. The highest BCUT2D eigenvalue weighted by Gasteiger charge is 2.09. The number of halogens is 1. The Morgan fingerprint density at radius 1 is 1.32 bits per heavy atom. The van der Waals surface area contributed by atoms with Gasteiger partial charge >= 0.3 is 0 Å². The summed E-state index contributed by atoms with van der Waals surface area (Å²) >= 11 is 6.11. The molecule has 0 N–H and O–H groups in total. The van der Waals surface area contributed by atoms with Gasteiger partial charge in [0.15, 0.2) is 5.78 Å². The Labute approximate surface area is 117 Å². The van der Waals surface area contributed by atoms with E-state index >= 15 is 0 Å². The molecule has 0 atom stereocenters. The average molecular weight is 275 g/mol. The van der Waals surface area contributed by atoms with E-state index in [-0.39, 0.29) is 5.78 Å². The number of Topliss-reactive ketones (excluding diaryl/α,β-unsaturated/α-hetero) is 1. The molecule has 4 heteroatoms. The molecule has 0 saturated carbocycles. The van der Waals surface area contributed by atoms with Crippen molar-refractivity contribution in [3.63, 3.8) is 0 Å². The van der Waals surface area contributed by atoms with Crippen LogP contribution in [0.25, 0.3) is 0 Å². The normalized spacial score (nSPS) is 10.3. The third-order valence-electron chi connectivity index (χ3n) is 2.90. The van der Waals surface area contributed by atoms with Crippen LogP contribution in [-0.2, 0) is 6.54 Å². The first kappa shape index (κ1) is 13.6. The van der Waals surface area contributed by atoms with Crippen molar-refractivity contribution in [2.45, 2.75) is 13.5 Å². The number of rotatable bonds is 4. The predicted molar refractivity (Wildman–Crippen MR) is 77.8 cm³/mol. The number of nitrogens with zero attached hydrogens (tertiary/aromatic N) is 2. The fraction of sp³-hybridized carbons (Fsp3) is 0.200. The molecule has 0 bridgehead atoms. The summed E-state index contributed by atoms with van der Waals surface area (Å²) in [5.74, 6) is -0.0241. The minimum Gasteiger partial charge on any atom is -0.369 e. The van der Waals surface area contributed by atoms with E-state index < -0.39 is 0 Å². The molecule has 0 aliphatic rings. The summed E-state index contributed by atoms with van der Waals surface area (Å²) < 4.78 is 0. The Bertz CT molecular complexity index is 584. The molecule has 0 fully saturated rings. The number of carbonyl (C=O) groups is 1. The standard InChI is InChI=1S/C15H15ClN2O/c1-11(19)14-7-6-13(9-15(14)16)18(2)10-12-5-3-4-8-17-12/h3-9H,10H2,1-2H3. The number of aromatic nitrogens is 1. The summed E-state index contributed by atoms with van der Waals surface area (Å²) in [6.45, 7) is 2.20. The van der Waals surface area contributed by atoms with Crippen LogP contribution in [0.1, 0.15) is 23.0 Å². The van der Waals surface area contributed by atoms with Gasteiger partial charge in [0.05, 0.1) is 17.3 Å². The van der Waals surface area contributed by atoms with E-state index in [4.69, 9.17) is 11.6 Å². The molecule has 2 rings (SSSR count). The lowest BCUT2D eigenvalue weighted by Crippen LogP contribution is -2.17. The number of anilines is 1. The number of hydrogen-bond donors (Lipinski definition) is 0. The molecule has 2 aromatic rings. The SMILES string of the molecule is CC(=O)c1ccc(N(C)Cc2ccccn2)cc1Cl. The van der Waals surface area contributed by atoms with E-state index in [2.05, 4.69) is 4.98 Å². The van der Waals surface area contributed by atoms with Crippen LogP contribution in [0.15, 0.2) is 42.6 Å². The van der Waals surface area contributed by atoms with Gasteiger partial charge < -0.3 is 4.90 Å². The summed E-state index contributed by atoms with van der Waals surface area (Å²) in [5.41, 5.74) is 2.49. The van der Waals surface area contributed by atoms with Gasteiger partial charge in [0.25, 0.3) is 0 Å². The fourth-order valence-electron chi connectivity index (χ4n) is 1.85. The molecular formula is C15H15ClN2O. The van der Waals surface area contributed by atoms with Gasteiger partial charge in [-0.05, 0) is 37.3 Å². The number of hydrogen-bond acceptors (Lipinski definition) is 3. The molecule has 0 saturated heterocycles. The second kappa shape index (κ2) is 5.85. The first-order valence-electron chi connectivity index (χ1n) is 5.99. The Morgan fingerprint density at radius 2 is 2.11 bits per heavy atom. The minimum atomic E-state index is -0.0241. The van der Waals surface area contributed by atoms with Crippen molar-refractivity contribution in [1.29, 1.82) is 0 Å². The van der Waals surface area contributed by atoms with Crippen LogP contribution in [0, 0.1) is 0 Å². The smallest absolute Gasteiger partial charge is 0.161 e. The first-order valence-corrected chi connectivity index (χ1v) is 6.37. The molecule has 1 heterocycles. The van der Waals surface area contributed by atoms with Gasteiger partial charge in [-0.1, -0.05) is 17.7 Å². The van der Waals surface area contributed by atoms with Crippen molar-refractivity contribution in [3.8, 4) is 0 Å². The predicted octanol–water partition coefficient (Wildman–Crippen LogP) is 3.57. The number of carbonyl (C=O) groups excluding carboxylic acids is 1. The molecule has 3 nitrogen and oxygen atoms in total. The first-order chi connectivity index (χ1) is 9.08. The molecule has 0 unspecified atom stereocenters. The summed E-state index contributed by atoms with van der Waals surface area (Å²) in [4.78, 5) is 17.7. The van der Waals surface area contributed by atoms with Crippen LogP contribution >= 0.6 is 11.6 Å². The zero-order chi connectivity index (χ0) is 13.8. The minimum absolute atomic E-state index is 0.0241. The van der Waals surface area contributed by atoms with Gasteiger partial charge in [-0.25, -0.2) is 0 Å². The van der Waals surface area contributed by atoms with Crippen molar-refractivity contribution in [3.05, 3.63) is 58.9 Å². The highest BCUT2D eigenvalue weighted by molar-refractivity contribution is 6.34. The maximum atomic E-state index is 11.3. The number of benzene rings is 1. The van der Waals surface area contributed by atoms with Crippen LogP contribution in [-0.4, -0.2) is 17.8 Å². The van der Waals surface area contributed by atoms with Crippen molar-refractivity contribution in [1.82, 2.24) is 4.98 Å². The van der Waals surface area contributed by atoms with Crippen LogP contribution in [0.4, 0.5) is 5.69 Å². The van der Waals surface area contributed by atoms with Crippen molar-refractivity contribution < 1.29 is 4.79 Å². The lowest BCUT2D eigenvalue weighted by atomic mass is 10.1. The van der Waals surface area contributed by atoms with Crippen LogP contribution in [0.5, 0.6) is 0 Å². The summed E-state index contributed by atoms with van der Waals surface area (Å²) in [5, 5.41) is 0.484. The van der Waals surface area contributed by atoms with Crippen LogP contribution < -0.4 is 4.90 Å². The zero-order valence-corrected chi connectivity index (χ0v) is 11.7. The van der Waals surface area contributed by atoms with E-state index in [1.165, 1.54) is 6.92 Å². The monoisotopic (exact) mass is 274 g/mol. The van der Waals surface area contributed by atoms with E-state index in [0.717, 1.165) is 11.4 Å². The molecule has 0 amide bonds. The van der Waals surface area contributed by atoms with Gasteiger partial charge in [0.1, 0.15) is 0 Å². The van der Waals surface area contributed by atoms with Crippen molar-refractivity contribution in [2.75, 3.05) is 11.9 Å². The summed E-state index contributed by atoms with van der Waals surface area (Å²) in [6.07, 6.45) is 1.77. The Kier molecular flexibility index (Phi) is 4.17. The maximum Gasteiger partial charge on any atom is 0.161 e. The maximum absolute atomic E-state index is 11.3. The lowest BCUT2D eigenvalue weighted by molar-refractivity contribution is 0.101. The van der Waals surface area contributed by atoms with Gasteiger partial charge in [-0.3, -0.25) is 9.78 Å². The molecule has 1 aromatic carbocycles. The Balaban J connectivity index is 2.18. The Morgan fingerprint density at radius 3 is 2.68 bits per heavy atom. The second-order valence-corrected chi connectivity index (χ2v) is 4.80. The molecule has 0 aliphatic carbocycles. The third kappa shape index (κ3) is 3.32. The van der Waals surface area contributed by atoms with E-state index in [1.54, 1.807) is 18.3 Å². The average Bonchev–Trinajstić information content (AvgIpc) is 2.39. The molecule has 0 radical (unpaired) electrons. The largest absolute Gasteiger partial charge is 0.369 e. The number of pyridine rings is 1. The van der Waals surface area contributed by atoms with Crippen molar-refractivity contribution >= 4 is 23.1 Å². The fourth-order valence-corrected chi connectivity index (χ4v) is 2.16. The molecule has 1 aromatic heterocycles. The highest BCUT2D eigenvalue weighted by atomic mass is 35.5. The third-order valence-corrected chi connectivity index (χ3v) is 3.21. The number of ketones is 1. The Hall–Kier alpha value is -1.87. The van der Waals surface area contributed by atoms with Gasteiger partial charge in [0.2, 0.25) is 0 Å². The zero-order valence-electron chi connectivity index (χ0n) is 10.9. The molecule has 0 spiro atoms. The van der Waals surface area contributed by atoms with E-state index in [0.29, 0.717) is 17.1 Å². The summed E-state index contributed by atoms with van der Waals surface area (Å²) in [6, 6.07) is 11.3. The van der Waals surface area contributed by atoms with E-state index in [9.17, 15) is 4.79 Å². The molecule has 0 aliphatic heterocycles. The lowest BCUT2D eigenvalue weighted by Gasteiger charge is -2.19. The van der Waals surface area contributed by atoms with Crippen molar-refractivity contribution in [2.24, 2.45) is 0 Å². The quantitative estimate of drug-likeness (QED) is 0.799. The molecule has 98 valence electrons. The van der Waals surface area contributed by atoms with Gasteiger partial charge in [0, 0.05) is 24.5 Å². The topological polar surface area (TPSA) is 33.2 Å². The summed E-state index contributed by atoms with van der Waals surface area (Å²) in [7, 11) is 1.97. The molecular weight excluding hydrogens is 260 g/mol. The van der Waals surface area contributed by atoms with Gasteiger partial charge in [-0.2, -0.15) is 0 Å². The van der Waals surface area contributed by atoms with Gasteiger partial charge in [-0.15, -0.1) is 0 Å². The molecule has 19 heavy (non-hydrogen) atoms. The van der Waals surface area contributed by atoms with Crippen LogP contribution in [0.2, 0.25) is 5.02 Å². The second-order valence-electron chi connectivity index (χ2n) is 4.40.